The first-order chi connectivity index (χ1) is 3.39. The van der Waals surface area contributed by atoms with Gasteiger partial charge in [0, 0.05) is 0 Å². The molecule has 0 saturated carbocycles. The molecule has 1 heterocycles. The third kappa shape index (κ3) is 1.38. The Kier molecular flexibility index (Phi) is 1.55. The van der Waals surface area contributed by atoms with Gasteiger partial charge in [0.25, 0.3) is 0 Å². The Bertz CT molecular complexity index is 138. The first-order valence-electron chi connectivity index (χ1n) is 1.94. The zero-order valence-electron chi connectivity index (χ0n) is 3.59. The zero-order chi connectivity index (χ0) is 5.11. The first-order valence-corrected chi connectivity index (χ1v) is 3.13. The average molecular weight is 270 g/mol. The Labute approximate surface area is 52.9 Å². The molecule has 0 spiro atoms. The molecule has 0 aliphatic heterocycles. The monoisotopic (exact) mass is 271 g/mol. The summed E-state index contributed by atoms with van der Waals surface area (Å²) in [5.41, 5.74) is 0. The summed E-state index contributed by atoms with van der Waals surface area (Å²) >= 11 is 1.97. The normalized spacial score (nSPS) is 8.86. The van der Waals surface area contributed by atoms with Crippen LogP contribution < -0.4 is 4.21 Å². The molecular weight excluding hydrogens is 266 g/mol. The van der Waals surface area contributed by atoms with E-state index in [1.807, 2.05) is 37.1 Å². The zero-order valence-corrected chi connectivity index (χ0v) is 5.99. The molecule has 0 aliphatic carbocycles. The molecule has 1 rings (SSSR count). The molecular formula is C5H4IrN. The van der Waals surface area contributed by atoms with Gasteiger partial charge >= 0.3 is 52.5 Å². The van der Waals surface area contributed by atoms with Crippen molar-refractivity contribution in [3.63, 3.8) is 0 Å². The Morgan fingerprint density at radius 2 is 2.29 bits per heavy atom. The quantitative estimate of drug-likeness (QED) is 0.659. The van der Waals surface area contributed by atoms with Crippen molar-refractivity contribution in [1.29, 1.82) is 0 Å². The molecule has 0 unspecified atom stereocenters. The minimum atomic E-state index is 1.07. The maximum absolute atomic E-state index is 3.98. The van der Waals surface area contributed by atoms with Crippen LogP contribution in [0.4, 0.5) is 0 Å². The summed E-state index contributed by atoms with van der Waals surface area (Å²) in [6.07, 6.45) is 1.79. The summed E-state index contributed by atoms with van der Waals surface area (Å²) < 4.78 is 1.07. The molecule has 0 atom stereocenters. The van der Waals surface area contributed by atoms with Gasteiger partial charge in [-0.15, -0.1) is 0 Å². The Morgan fingerprint density at radius 3 is 2.57 bits per heavy atom. The van der Waals surface area contributed by atoms with Gasteiger partial charge in [0.05, 0.1) is 0 Å². The van der Waals surface area contributed by atoms with E-state index in [4.69, 9.17) is 0 Å². The molecule has 0 fully saturated rings. The molecule has 0 saturated heterocycles. The summed E-state index contributed by atoms with van der Waals surface area (Å²) in [7, 11) is 0. The molecule has 1 nitrogen and oxygen atoms in total. The van der Waals surface area contributed by atoms with Crippen molar-refractivity contribution in [1.82, 2.24) is 4.98 Å². The number of pyridine rings is 1. The van der Waals surface area contributed by atoms with Gasteiger partial charge in [-0.05, 0) is 0 Å². The number of nitrogens with zero attached hydrogens (tertiary/aromatic N) is 1. The van der Waals surface area contributed by atoms with Gasteiger partial charge < -0.3 is 0 Å². The van der Waals surface area contributed by atoms with Crippen LogP contribution in [-0.4, -0.2) is 4.98 Å². The van der Waals surface area contributed by atoms with Crippen LogP contribution in [0.2, 0.25) is 0 Å². The van der Waals surface area contributed by atoms with Crippen LogP contribution in [0.1, 0.15) is 0 Å². The molecule has 0 N–H and O–H groups in total. The van der Waals surface area contributed by atoms with E-state index in [2.05, 4.69) is 4.98 Å². The van der Waals surface area contributed by atoms with Crippen molar-refractivity contribution < 1.29 is 18.9 Å². The Hall–Kier alpha value is -0.201. The fourth-order valence-electron chi connectivity index (χ4n) is 0.334. The van der Waals surface area contributed by atoms with Gasteiger partial charge in [-0.3, -0.25) is 0 Å². The molecule has 0 amide bonds. The van der Waals surface area contributed by atoms with Crippen LogP contribution in [0.25, 0.3) is 0 Å². The van der Waals surface area contributed by atoms with Crippen molar-refractivity contribution in [2.75, 3.05) is 0 Å². The van der Waals surface area contributed by atoms with Gasteiger partial charge in [-0.2, -0.15) is 0 Å². The first kappa shape index (κ1) is 4.95. The Balaban J connectivity index is 3.02. The van der Waals surface area contributed by atoms with Crippen molar-refractivity contribution in [3.8, 4) is 0 Å². The molecule has 2 heteroatoms. The van der Waals surface area contributed by atoms with E-state index >= 15 is 0 Å². The van der Waals surface area contributed by atoms with Crippen molar-refractivity contribution in [2.45, 2.75) is 0 Å². The van der Waals surface area contributed by atoms with E-state index in [1.165, 1.54) is 0 Å². The topological polar surface area (TPSA) is 12.9 Å². The van der Waals surface area contributed by atoms with Crippen molar-refractivity contribution >= 4 is 4.21 Å². The molecule has 7 heavy (non-hydrogen) atoms. The standard InChI is InChI=1S/C5H4N.Ir/c1-2-4-6-5-3-1;/h1-4H;. The molecule has 38 valence electrons. The SMILES string of the molecule is [Ir][c]1ccccn1. The van der Waals surface area contributed by atoms with Crippen LogP contribution in [0.3, 0.4) is 0 Å². The summed E-state index contributed by atoms with van der Waals surface area (Å²) in [6, 6.07) is 5.86. The predicted molar refractivity (Wildman–Crippen MR) is 23.9 cm³/mol. The van der Waals surface area contributed by atoms with Gasteiger partial charge in [-0.25, -0.2) is 0 Å². The van der Waals surface area contributed by atoms with Crippen molar-refractivity contribution in [2.24, 2.45) is 0 Å². The average Bonchev–Trinajstić information content (AvgIpc) is 1.69. The third-order valence-electron chi connectivity index (χ3n) is 0.616. The summed E-state index contributed by atoms with van der Waals surface area (Å²) in [5.74, 6) is 0. The summed E-state index contributed by atoms with van der Waals surface area (Å²) in [6.45, 7) is 0. The predicted octanol–water partition coefficient (Wildman–Crippen LogP) is 0.254. The van der Waals surface area contributed by atoms with E-state index in [-0.39, 0.29) is 0 Å². The van der Waals surface area contributed by atoms with Crippen molar-refractivity contribution in [3.05, 3.63) is 24.4 Å². The minimum absolute atomic E-state index is 1.07. The van der Waals surface area contributed by atoms with E-state index in [9.17, 15) is 0 Å². The number of hydrogen-bond donors (Lipinski definition) is 0. The third-order valence-corrected chi connectivity index (χ3v) is 1.32. The number of aromatic nitrogens is 1. The molecule has 0 radical (unpaired) electrons. The van der Waals surface area contributed by atoms with Crippen LogP contribution >= 0.6 is 0 Å². The second-order valence-corrected chi connectivity index (χ2v) is 2.36. The van der Waals surface area contributed by atoms with Gasteiger partial charge in [-0.1, -0.05) is 0 Å². The molecule has 0 bridgehead atoms. The molecule has 1 aromatic rings. The summed E-state index contributed by atoms with van der Waals surface area (Å²) in [5, 5.41) is 0. The van der Waals surface area contributed by atoms with E-state index < -0.39 is 0 Å². The van der Waals surface area contributed by atoms with Crippen LogP contribution in [0, 0.1) is 0 Å². The van der Waals surface area contributed by atoms with Crippen LogP contribution in [-0.2, 0) is 18.9 Å². The maximum atomic E-state index is 3.98. The van der Waals surface area contributed by atoms with Gasteiger partial charge in [0.15, 0.2) is 0 Å². The van der Waals surface area contributed by atoms with Gasteiger partial charge in [0.2, 0.25) is 0 Å². The molecule has 0 aromatic carbocycles. The van der Waals surface area contributed by atoms with E-state index in [0.29, 0.717) is 0 Å². The summed E-state index contributed by atoms with van der Waals surface area (Å²) in [4.78, 5) is 3.98. The van der Waals surface area contributed by atoms with E-state index in [1.54, 1.807) is 6.20 Å². The fraction of sp³-hybridized carbons (Fsp3) is 0. The Morgan fingerprint density at radius 1 is 1.43 bits per heavy atom. The molecule has 1 aromatic heterocycles. The van der Waals surface area contributed by atoms with Crippen LogP contribution in [0.15, 0.2) is 24.4 Å². The fourth-order valence-corrected chi connectivity index (χ4v) is 0.743. The second-order valence-electron chi connectivity index (χ2n) is 1.13. The number of hydrogen-bond acceptors (Lipinski definition) is 1. The number of rotatable bonds is 0. The second kappa shape index (κ2) is 2.20. The molecule has 0 aliphatic rings. The van der Waals surface area contributed by atoms with Gasteiger partial charge in [0.1, 0.15) is 0 Å². The van der Waals surface area contributed by atoms with Crippen LogP contribution in [0.5, 0.6) is 0 Å². The van der Waals surface area contributed by atoms with E-state index in [0.717, 1.165) is 4.21 Å².